The molecule has 40 heavy (non-hydrogen) atoms. The number of rotatable bonds is 11. The number of nitrogens with one attached hydrogen (secondary N) is 1. The zero-order chi connectivity index (χ0) is 28.3. The summed E-state index contributed by atoms with van der Waals surface area (Å²) in [5.41, 5.74) is 3.23. The van der Waals surface area contributed by atoms with Crippen molar-refractivity contribution in [3.8, 4) is 5.75 Å². The molecule has 0 atom stereocenters. The van der Waals surface area contributed by atoms with E-state index >= 15 is 0 Å². The SMILES string of the molecule is CCOc1ccc(NC(=O)N(CCC(=O)N2CCN(C(c3ccccc3)c3ccccc3)CC2)CC(C)C)cc1. The topological polar surface area (TPSA) is 65.1 Å². The molecule has 1 aliphatic heterocycles. The summed E-state index contributed by atoms with van der Waals surface area (Å²) in [7, 11) is 0. The van der Waals surface area contributed by atoms with E-state index in [4.69, 9.17) is 4.74 Å². The molecule has 1 fully saturated rings. The number of urea groups is 1. The molecule has 1 N–H and O–H groups in total. The summed E-state index contributed by atoms with van der Waals surface area (Å²) < 4.78 is 5.48. The summed E-state index contributed by atoms with van der Waals surface area (Å²) in [5.74, 6) is 1.15. The minimum atomic E-state index is -0.191. The van der Waals surface area contributed by atoms with E-state index in [-0.39, 0.29) is 23.9 Å². The molecule has 7 nitrogen and oxygen atoms in total. The summed E-state index contributed by atoms with van der Waals surface area (Å²) in [5, 5.41) is 2.97. The number of carbonyl (C=O) groups excluding carboxylic acids is 2. The molecule has 1 heterocycles. The monoisotopic (exact) mass is 542 g/mol. The van der Waals surface area contributed by atoms with Crippen LogP contribution in [0.1, 0.15) is 44.4 Å². The number of nitrogens with zero attached hydrogens (tertiary/aromatic N) is 3. The van der Waals surface area contributed by atoms with E-state index in [1.54, 1.807) is 4.90 Å². The molecular weight excluding hydrogens is 500 g/mol. The van der Waals surface area contributed by atoms with Crippen LogP contribution < -0.4 is 10.1 Å². The van der Waals surface area contributed by atoms with Gasteiger partial charge in [-0.3, -0.25) is 9.69 Å². The summed E-state index contributed by atoms with van der Waals surface area (Å²) in [6, 6.07) is 28.5. The van der Waals surface area contributed by atoms with Gasteiger partial charge in [-0.15, -0.1) is 0 Å². The number of benzene rings is 3. The van der Waals surface area contributed by atoms with Crippen LogP contribution in [0.25, 0.3) is 0 Å². The molecule has 0 aliphatic carbocycles. The fourth-order valence-corrected chi connectivity index (χ4v) is 5.22. The summed E-state index contributed by atoms with van der Waals surface area (Å²) in [6.07, 6.45) is 0.310. The lowest BCUT2D eigenvalue weighted by Gasteiger charge is -2.40. The van der Waals surface area contributed by atoms with E-state index in [0.717, 1.165) is 18.8 Å². The minimum Gasteiger partial charge on any atom is -0.494 e. The van der Waals surface area contributed by atoms with E-state index in [0.29, 0.717) is 44.9 Å². The first-order chi connectivity index (χ1) is 19.4. The molecule has 3 aromatic carbocycles. The zero-order valence-electron chi connectivity index (χ0n) is 24.0. The second-order valence-electron chi connectivity index (χ2n) is 10.6. The number of carbonyl (C=O) groups is 2. The molecule has 0 saturated carbocycles. The van der Waals surface area contributed by atoms with Crippen molar-refractivity contribution in [2.24, 2.45) is 5.92 Å². The highest BCUT2D eigenvalue weighted by Gasteiger charge is 2.28. The fourth-order valence-electron chi connectivity index (χ4n) is 5.22. The number of ether oxygens (including phenoxy) is 1. The summed E-state index contributed by atoms with van der Waals surface area (Å²) >= 11 is 0. The summed E-state index contributed by atoms with van der Waals surface area (Å²) in [4.78, 5) is 32.5. The van der Waals surface area contributed by atoms with Gasteiger partial charge < -0.3 is 19.9 Å². The third kappa shape index (κ3) is 8.09. The Kier molecular flexibility index (Phi) is 10.6. The van der Waals surface area contributed by atoms with Crippen LogP contribution in [0.2, 0.25) is 0 Å². The molecule has 0 aromatic heterocycles. The van der Waals surface area contributed by atoms with E-state index in [9.17, 15) is 9.59 Å². The Morgan fingerprint density at radius 2 is 1.43 bits per heavy atom. The van der Waals surface area contributed by atoms with Crippen LogP contribution in [-0.2, 0) is 4.79 Å². The van der Waals surface area contributed by atoms with Gasteiger partial charge in [0.25, 0.3) is 0 Å². The largest absolute Gasteiger partial charge is 0.494 e. The molecule has 0 bridgehead atoms. The molecule has 0 spiro atoms. The molecule has 212 valence electrons. The predicted octanol–water partition coefficient (Wildman–Crippen LogP) is 5.90. The smallest absolute Gasteiger partial charge is 0.321 e. The standard InChI is InChI=1S/C33H42N4O3/c1-4-40-30-17-15-29(16-18-30)34-33(39)37(25-26(2)3)20-19-31(38)35-21-23-36(24-22-35)32(27-11-7-5-8-12-27)28-13-9-6-10-14-28/h5-18,26,32H,4,19-25H2,1-3H3,(H,34,39). The Bertz CT molecular complexity index is 1150. The lowest BCUT2D eigenvalue weighted by atomic mass is 9.96. The maximum absolute atomic E-state index is 13.2. The second-order valence-corrected chi connectivity index (χ2v) is 10.6. The molecule has 4 rings (SSSR count). The van der Waals surface area contributed by atoms with Crippen molar-refractivity contribution < 1.29 is 14.3 Å². The van der Waals surface area contributed by atoms with Gasteiger partial charge in [0.15, 0.2) is 0 Å². The lowest BCUT2D eigenvalue weighted by Crippen LogP contribution is -2.50. The Hall–Kier alpha value is -3.84. The quantitative estimate of drug-likeness (QED) is 0.328. The second kappa shape index (κ2) is 14.5. The fraction of sp³-hybridized carbons (Fsp3) is 0.394. The Balaban J connectivity index is 1.33. The highest BCUT2D eigenvalue weighted by atomic mass is 16.5. The highest BCUT2D eigenvalue weighted by Crippen LogP contribution is 2.29. The predicted molar refractivity (Wildman–Crippen MR) is 161 cm³/mol. The van der Waals surface area contributed by atoms with Gasteiger partial charge in [0.05, 0.1) is 12.6 Å². The maximum Gasteiger partial charge on any atom is 0.321 e. The summed E-state index contributed by atoms with van der Waals surface area (Å²) in [6.45, 7) is 10.6. The number of amides is 3. The van der Waals surface area contributed by atoms with Crippen molar-refractivity contribution in [3.63, 3.8) is 0 Å². The van der Waals surface area contributed by atoms with Crippen LogP contribution >= 0.6 is 0 Å². The van der Waals surface area contributed by atoms with Crippen molar-refractivity contribution in [1.29, 1.82) is 0 Å². The van der Waals surface area contributed by atoms with Crippen LogP contribution in [0.15, 0.2) is 84.9 Å². The molecule has 3 amide bonds. The van der Waals surface area contributed by atoms with Gasteiger partial charge >= 0.3 is 6.03 Å². The molecule has 1 aliphatic rings. The van der Waals surface area contributed by atoms with Crippen LogP contribution in [0.3, 0.4) is 0 Å². The Morgan fingerprint density at radius 1 is 0.850 bits per heavy atom. The van der Waals surface area contributed by atoms with Gasteiger partial charge in [0.1, 0.15) is 5.75 Å². The van der Waals surface area contributed by atoms with Gasteiger partial charge in [-0.2, -0.15) is 0 Å². The lowest BCUT2D eigenvalue weighted by molar-refractivity contribution is -0.133. The molecular formula is C33H42N4O3. The third-order valence-corrected chi connectivity index (χ3v) is 7.15. The van der Waals surface area contributed by atoms with Crippen molar-refractivity contribution in [2.75, 3.05) is 51.2 Å². The number of hydrogen-bond acceptors (Lipinski definition) is 4. The average Bonchev–Trinajstić information content (AvgIpc) is 2.97. The van der Waals surface area contributed by atoms with E-state index in [2.05, 4.69) is 72.6 Å². The highest BCUT2D eigenvalue weighted by molar-refractivity contribution is 5.89. The van der Waals surface area contributed by atoms with Gasteiger partial charge in [-0.1, -0.05) is 74.5 Å². The van der Waals surface area contributed by atoms with Crippen molar-refractivity contribution in [1.82, 2.24) is 14.7 Å². The first kappa shape index (κ1) is 29.2. The van der Waals surface area contributed by atoms with Crippen LogP contribution in [0.4, 0.5) is 10.5 Å². The molecule has 0 radical (unpaired) electrons. The van der Waals surface area contributed by atoms with Crippen molar-refractivity contribution >= 4 is 17.6 Å². The third-order valence-electron chi connectivity index (χ3n) is 7.15. The van der Waals surface area contributed by atoms with Gasteiger partial charge in [0.2, 0.25) is 5.91 Å². The average molecular weight is 543 g/mol. The molecule has 3 aromatic rings. The van der Waals surface area contributed by atoms with Crippen LogP contribution in [0, 0.1) is 5.92 Å². The van der Waals surface area contributed by atoms with Gasteiger partial charge in [-0.25, -0.2) is 4.79 Å². The van der Waals surface area contributed by atoms with E-state index in [1.165, 1.54) is 11.1 Å². The zero-order valence-corrected chi connectivity index (χ0v) is 24.0. The Labute approximate surface area is 238 Å². The van der Waals surface area contributed by atoms with Crippen molar-refractivity contribution in [3.05, 3.63) is 96.1 Å². The van der Waals surface area contributed by atoms with E-state index < -0.39 is 0 Å². The van der Waals surface area contributed by atoms with Crippen LogP contribution in [0.5, 0.6) is 5.75 Å². The van der Waals surface area contributed by atoms with Gasteiger partial charge in [0, 0.05) is 51.4 Å². The number of piperazine rings is 1. The molecule has 1 saturated heterocycles. The van der Waals surface area contributed by atoms with Crippen LogP contribution in [-0.4, -0.2) is 72.5 Å². The first-order valence-corrected chi connectivity index (χ1v) is 14.3. The van der Waals surface area contributed by atoms with Gasteiger partial charge in [-0.05, 0) is 48.2 Å². The Morgan fingerprint density at radius 3 is 1.95 bits per heavy atom. The molecule has 7 heteroatoms. The molecule has 0 unspecified atom stereocenters. The number of anilines is 1. The normalized spacial score (nSPS) is 13.9. The first-order valence-electron chi connectivity index (χ1n) is 14.3. The van der Waals surface area contributed by atoms with E-state index in [1.807, 2.05) is 48.2 Å². The van der Waals surface area contributed by atoms with Crippen molar-refractivity contribution in [2.45, 2.75) is 33.2 Å². The minimum absolute atomic E-state index is 0.0956. The number of hydrogen-bond donors (Lipinski definition) is 1. The maximum atomic E-state index is 13.2.